The molecule has 5 rings (SSSR count). The van der Waals surface area contributed by atoms with Gasteiger partial charge in [-0.1, -0.05) is 29.8 Å². The van der Waals surface area contributed by atoms with Gasteiger partial charge >= 0.3 is 0 Å². The Balaban J connectivity index is 1.37. The Kier molecular flexibility index (Phi) is 5.50. The van der Waals surface area contributed by atoms with Gasteiger partial charge < -0.3 is 9.64 Å². The van der Waals surface area contributed by atoms with Crippen molar-refractivity contribution in [2.75, 3.05) is 24.0 Å². The average Bonchev–Trinajstić information content (AvgIpc) is 3.45. The van der Waals surface area contributed by atoms with Crippen LogP contribution in [0.4, 0.5) is 5.69 Å². The fraction of sp³-hybridized carbons (Fsp3) is 0.174. The molecule has 1 N–H and O–H groups in total. The smallest absolute Gasteiger partial charge is 0.283 e. The lowest BCUT2D eigenvalue weighted by Gasteiger charge is -2.19. The molecule has 4 aromatic rings. The van der Waals surface area contributed by atoms with Gasteiger partial charge in [-0.2, -0.15) is 5.10 Å². The van der Waals surface area contributed by atoms with Crippen LogP contribution in [0.15, 0.2) is 65.8 Å². The highest BCUT2D eigenvalue weighted by atomic mass is 35.5. The van der Waals surface area contributed by atoms with E-state index < -0.39 is 17.4 Å². The topological polar surface area (TPSA) is 111 Å². The van der Waals surface area contributed by atoms with Crippen molar-refractivity contribution in [3.05, 3.63) is 76.4 Å². The third-order valence-electron chi connectivity index (χ3n) is 5.64. The lowest BCUT2D eigenvalue weighted by molar-refractivity contribution is -0.123. The molecule has 0 bridgehead atoms. The van der Waals surface area contributed by atoms with Gasteiger partial charge in [0.25, 0.3) is 5.56 Å². The Labute approximate surface area is 198 Å². The van der Waals surface area contributed by atoms with Crippen molar-refractivity contribution in [1.82, 2.24) is 19.4 Å². The van der Waals surface area contributed by atoms with Gasteiger partial charge in [0.15, 0.2) is 5.65 Å². The van der Waals surface area contributed by atoms with Gasteiger partial charge in [0.05, 0.1) is 30.6 Å². The number of nitrogens with one attached hydrogen (secondary N) is 1. The number of rotatable bonds is 5. The summed E-state index contributed by atoms with van der Waals surface area (Å²) in [5.41, 5.74) is 3.65. The fourth-order valence-corrected chi connectivity index (χ4v) is 4.15. The van der Waals surface area contributed by atoms with Crippen molar-refractivity contribution in [2.45, 2.75) is 6.42 Å². The van der Waals surface area contributed by atoms with E-state index in [1.54, 1.807) is 48.5 Å². The van der Waals surface area contributed by atoms with Gasteiger partial charge in [-0.3, -0.25) is 19.8 Å². The largest absolute Gasteiger partial charge is 0.495 e. The minimum atomic E-state index is -0.644. The van der Waals surface area contributed by atoms with E-state index in [9.17, 15) is 14.4 Å². The number of fused-ring (bicyclic) bond motifs is 1. The highest BCUT2D eigenvalue weighted by Gasteiger charge is 2.36. The van der Waals surface area contributed by atoms with E-state index in [-0.39, 0.29) is 24.3 Å². The molecule has 0 spiro atoms. The number of aromatic nitrogens is 4. The maximum atomic E-state index is 13.0. The molecule has 0 aliphatic carbocycles. The first-order valence-electron chi connectivity index (χ1n) is 10.4. The van der Waals surface area contributed by atoms with E-state index in [2.05, 4.69) is 15.5 Å². The second-order valence-corrected chi connectivity index (χ2v) is 8.18. The second-order valence-electron chi connectivity index (χ2n) is 7.75. The molecular formula is C23H19ClN6O4. The molecular weight excluding hydrogens is 460 g/mol. The number of nitrogens with zero attached hydrogens (tertiary/aromatic N) is 5. The van der Waals surface area contributed by atoms with Crippen LogP contribution in [-0.2, 0) is 9.59 Å². The van der Waals surface area contributed by atoms with Gasteiger partial charge in [0, 0.05) is 18.0 Å². The molecule has 1 aliphatic rings. The molecule has 1 atom stereocenters. The maximum absolute atomic E-state index is 13.0. The zero-order valence-electron chi connectivity index (χ0n) is 18.0. The molecule has 0 radical (unpaired) electrons. The number of methoxy groups -OCH3 is 1. The second kappa shape index (κ2) is 8.64. The highest BCUT2D eigenvalue weighted by molar-refractivity contribution is 6.30. The van der Waals surface area contributed by atoms with E-state index in [0.717, 1.165) is 4.68 Å². The van der Waals surface area contributed by atoms with Crippen molar-refractivity contribution in [1.29, 1.82) is 0 Å². The molecule has 0 saturated carbocycles. The minimum Gasteiger partial charge on any atom is -0.495 e. The average molecular weight is 479 g/mol. The van der Waals surface area contributed by atoms with Crippen LogP contribution >= 0.6 is 11.6 Å². The number of hydrogen-bond donors (Lipinski definition) is 1. The van der Waals surface area contributed by atoms with E-state index >= 15 is 0 Å². The van der Waals surface area contributed by atoms with E-state index in [4.69, 9.17) is 16.3 Å². The standard InChI is InChI=1S/C23H19ClN6O4/c1-34-19-8-3-2-7-18(19)28-12-14(9-20(28)31)22(32)27-29-13-25-21-17(23(29)33)11-26-30(21)16-6-4-5-15(24)10-16/h2-8,10-11,13-14H,9,12H2,1H3,(H,27,32). The summed E-state index contributed by atoms with van der Waals surface area (Å²) in [6, 6.07) is 14.1. The Bertz CT molecular complexity index is 1480. The lowest BCUT2D eigenvalue weighted by Crippen LogP contribution is -2.37. The van der Waals surface area contributed by atoms with Crippen LogP contribution < -0.4 is 20.6 Å². The molecule has 1 aliphatic heterocycles. The maximum Gasteiger partial charge on any atom is 0.283 e. The summed E-state index contributed by atoms with van der Waals surface area (Å²) in [5, 5.41) is 4.99. The zero-order valence-corrected chi connectivity index (χ0v) is 18.8. The van der Waals surface area contributed by atoms with Crippen molar-refractivity contribution < 1.29 is 14.3 Å². The van der Waals surface area contributed by atoms with Crippen LogP contribution in [0.1, 0.15) is 6.42 Å². The minimum absolute atomic E-state index is 0.0149. The van der Waals surface area contributed by atoms with Crippen molar-refractivity contribution >= 4 is 40.1 Å². The zero-order chi connectivity index (χ0) is 23.8. The SMILES string of the molecule is COc1ccccc1N1CC(C(=O)Nn2cnc3c(cnn3-c3cccc(Cl)c3)c2=O)CC1=O. The number of anilines is 1. The molecule has 1 fully saturated rings. The van der Waals surface area contributed by atoms with Gasteiger partial charge in [-0.05, 0) is 30.3 Å². The summed E-state index contributed by atoms with van der Waals surface area (Å²) in [4.78, 5) is 44.3. The summed E-state index contributed by atoms with van der Waals surface area (Å²) in [6.07, 6.45) is 2.62. The number of hydrogen-bond acceptors (Lipinski definition) is 6. The normalized spacial score (nSPS) is 15.6. The molecule has 172 valence electrons. The summed E-state index contributed by atoms with van der Waals surface area (Å²) in [6.45, 7) is 0.169. The van der Waals surface area contributed by atoms with E-state index in [0.29, 0.717) is 27.8 Å². The van der Waals surface area contributed by atoms with Crippen molar-refractivity contribution in [2.24, 2.45) is 5.92 Å². The Morgan fingerprint density at radius 3 is 2.79 bits per heavy atom. The first-order valence-corrected chi connectivity index (χ1v) is 10.8. The third kappa shape index (κ3) is 3.77. The number of carbonyl (C=O) groups is 2. The summed E-state index contributed by atoms with van der Waals surface area (Å²) >= 11 is 6.06. The number of halogens is 1. The number of benzene rings is 2. The molecule has 2 aromatic carbocycles. The van der Waals surface area contributed by atoms with Gasteiger partial charge in [0.2, 0.25) is 11.8 Å². The number of ether oxygens (including phenoxy) is 1. The predicted molar refractivity (Wildman–Crippen MR) is 126 cm³/mol. The molecule has 3 heterocycles. The van der Waals surface area contributed by atoms with Crippen molar-refractivity contribution in [3.8, 4) is 11.4 Å². The highest BCUT2D eigenvalue weighted by Crippen LogP contribution is 2.32. The quantitative estimate of drug-likeness (QED) is 0.471. The number of para-hydroxylation sites is 2. The van der Waals surface area contributed by atoms with Gasteiger partial charge in [0.1, 0.15) is 17.5 Å². The molecule has 2 aromatic heterocycles. The van der Waals surface area contributed by atoms with Crippen LogP contribution in [0, 0.1) is 5.92 Å². The summed E-state index contributed by atoms with van der Waals surface area (Å²) < 4.78 is 7.83. The summed E-state index contributed by atoms with van der Waals surface area (Å²) in [7, 11) is 1.52. The van der Waals surface area contributed by atoms with Crippen LogP contribution in [0.2, 0.25) is 5.02 Å². The van der Waals surface area contributed by atoms with E-state index in [1.165, 1.54) is 29.2 Å². The molecule has 11 heteroatoms. The number of amides is 2. The van der Waals surface area contributed by atoms with Crippen LogP contribution in [0.25, 0.3) is 16.7 Å². The molecule has 1 unspecified atom stereocenters. The molecule has 2 amide bonds. The monoisotopic (exact) mass is 478 g/mol. The van der Waals surface area contributed by atoms with Crippen LogP contribution in [0.5, 0.6) is 5.75 Å². The molecule has 1 saturated heterocycles. The van der Waals surface area contributed by atoms with E-state index in [1.807, 2.05) is 0 Å². The van der Waals surface area contributed by atoms with Gasteiger partial charge in [-0.15, -0.1) is 0 Å². The first kappa shape index (κ1) is 21.7. The predicted octanol–water partition coefficient (Wildman–Crippen LogP) is 2.37. The Morgan fingerprint density at radius 2 is 2.00 bits per heavy atom. The van der Waals surface area contributed by atoms with Crippen LogP contribution in [0.3, 0.4) is 0 Å². The molecule has 34 heavy (non-hydrogen) atoms. The number of carbonyl (C=O) groups excluding carboxylic acids is 2. The lowest BCUT2D eigenvalue weighted by atomic mass is 10.1. The van der Waals surface area contributed by atoms with Gasteiger partial charge in [-0.25, -0.2) is 14.3 Å². The van der Waals surface area contributed by atoms with Crippen LogP contribution in [-0.4, -0.2) is 44.9 Å². The Hall–Kier alpha value is -4.18. The molecule has 10 nitrogen and oxygen atoms in total. The fourth-order valence-electron chi connectivity index (χ4n) is 3.97. The first-order chi connectivity index (χ1) is 16.5. The summed E-state index contributed by atoms with van der Waals surface area (Å²) in [5.74, 6) is -0.765. The Morgan fingerprint density at radius 1 is 1.18 bits per heavy atom. The van der Waals surface area contributed by atoms with Crippen molar-refractivity contribution in [3.63, 3.8) is 0 Å². The third-order valence-corrected chi connectivity index (χ3v) is 5.88.